The van der Waals surface area contributed by atoms with E-state index in [1.165, 1.54) is 18.4 Å². The number of aryl methyl sites for hydroxylation is 1. The second-order valence-electron chi connectivity index (χ2n) is 7.56. The first-order chi connectivity index (χ1) is 14.2. The van der Waals surface area contributed by atoms with Crippen LogP contribution in [-0.4, -0.2) is 62.7 Å². The highest BCUT2D eigenvalue weighted by atomic mass is 16.5. The van der Waals surface area contributed by atoms with Gasteiger partial charge >= 0.3 is 11.9 Å². The van der Waals surface area contributed by atoms with Gasteiger partial charge in [0.25, 0.3) is 0 Å². The first kappa shape index (κ1) is 21.4. The summed E-state index contributed by atoms with van der Waals surface area (Å²) in [5, 5.41) is 21.8. The second kappa shape index (κ2) is 9.04. The molecular weight excluding hydrogens is 392 g/mol. The van der Waals surface area contributed by atoms with Crippen LogP contribution in [-0.2, 0) is 14.4 Å². The van der Waals surface area contributed by atoms with Crippen molar-refractivity contribution >= 4 is 23.5 Å². The molecule has 0 atom stereocenters. The molecule has 10 nitrogen and oxygen atoms in total. The summed E-state index contributed by atoms with van der Waals surface area (Å²) in [6.45, 7) is 6.06. The molecule has 4 rings (SSSR count). The van der Waals surface area contributed by atoms with Crippen LogP contribution in [0.3, 0.4) is 0 Å². The number of carbonyl (C=O) groups excluding carboxylic acids is 1. The van der Waals surface area contributed by atoms with Gasteiger partial charge in [-0.15, -0.1) is 0 Å². The number of likely N-dealkylation sites (tertiary alicyclic amines) is 1. The molecule has 0 radical (unpaired) electrons. The van der Waals surface area contributed by atoms with Crippen molar-refractivity contribution in [1.29, 1.82) is 0 Å². The van der Waals surface area contributed by atoms with Gasteiger partial charge in [-0.3, -0.25) is 9.69 Å². The number of amides is 1. The first-order valence-corrected chi connectivity index (χ1v) is 9.62. The molecule has 0 bridgehead atoms. The highest BCUT2D eigenvalue weighted by Gasteiger charge is 2.35. The Labute approximate surface area is 172 Å². The SMILES string of the molecule is Cc1cccc(NC(=O)CN2CC(c3nc(C4CC4)no3)C2)c1C.O=C(O)C(=O)O. The monoisotopic (exact) mass is 416 g/mol. The maximum atomic E-state index is 12.2. The van der Waals surface area contributed by atoms with E-state index in [9.17, 15) is 4.79 Å². The molecule has 2 aromatic rings. The van der Waals surface area contributed by atoms with Crippen LogP contribution in [0.15, 0.2) is 22.7 Å². The third-order valence-corrected chi connectivity index (χ3v) is 5.14. The lowest BCUT2D eigenvalue weighted by Gasteiger charge is -2.36. The first-order valence-electron chi connectivity index (χ1n) is 9.62. The smallest absolute Gasteiger partial charge is 0.414 e. The van der Waals surface area contributed by atoms with Gasteiger partial charge in [-0.2, -0.15) is 4.98 Å². The zero-order valence-corrected chi connectivity index (χ0v) is 16.8. The van der Waals surface area contributed by atoms with E-state index < -0.39 is 11.9 Å². The van der Waals surface area contributed by atoms with Gasteiger partial charge in [0.05, 0.1) is 12.5 Å². The molecular formula is C20H24N4O6. The van der Waals surface area contributed by atoms with E-state index in [1.807, 2.05) is 32.0 Å². The number of aliphatic carboxylic acids is 2. The van der Waals surface area contributed by atoms with Crippen LogP contribution in [0.5, 0.6) is 0 Å². The molecule has 1 saturated heterocycles. The molecule has 1 aliphatic heterocycles. The van der Waals surface area contributed by atoms with Crippen LogP contribution in [0, 0.1) is 13.8 Å². The summed E-state index contributed by atoms with van der Waals surface area (Å²) in [6.07, 6.45) is 2.35. The predicted molar refractivity (Wildman–Crippen MR) is 105 cm³/mol. The quantitative estimate of drug-likeness (QED) is 0.620. The second-order valence-corrected chi connectivity index (χ2v) is 7.56. The van der Waals surface area contributed by atoms with Crippen molar-refractivity contribution in [3.63, 3.8) is 0 Å². The highest BCUT2D eigenvalue weighted by Crippen LogP contribution is 2.39. The van der Waals surface area contributed by atoms with Crippen molar-refractivity contribution in [1.82, 2.24) is 15.0 Å². The average Bonchev–Trinajstić information content (AvgIpc) is 3.40. The lowest BCUT2D eigenvalue weighted by Crippen LogP contribution is -2.48. The summed E-state index contributed by atoms with van der Waals surface area (Å²) in [6, 6.07) is 5.95. The Morgan fingerprint density at radius 2 is 1.80 bits per heavy atom. The number of nitrogens with zero attached hydrogens (tertiary/aromatic N) is 3. The number of benzene rings is 1. The zero-order valence-electron chi connectivity index (χ0n) is 16.8. The molecule has 3 N–H and O–H groups in total. The molecule has 1 aliphatic carbocycles. The van der Waals surface area contributed by atoms with Crippen molar-refractivity contribution in [2.24, 2.45) is 0 Å². The third-order valence-electron chi connectivity index (χ3n) is 5.14. The number of carbonyl (C=O) groups is 3. The minimum atomic E-state index is -1.82. The molecule has 10 heteroatoms. The Hall–Kier alpha value is -3.27. The lowest BCUT2D eigenvalue weighted by atomic mass is 10.0. The molecule has 2 heterocycles. The number of anilines is 1. The largest absolute Gasteiger partial charge is 0.473 e. The molecule has 2 aliphatic rings. The van der Waals surface area contributed by atoms with Gasteiger partial charge < -0.3 is 20.1 Å². The van der Waals surface area contributed by atoms with Crippen LogP contribution in [0.1, 0.15) is 47.5 Å². The minimum absolute atomic E-state index is 0.0198. The predicted octanol–water partition coefficient (Wildman–Crippen LogP) is 1.76. The Balaban J connectivity index is 0.000000377. The molecule has 0 spiro atoms. The third kappa shape index (κ3) is 5.41. The van der Waals surface area contributed by atoms with Crippen LogP contribution >= 0.6 is 0 Å². The Morgan fingerprint density at radius 3 is 2.40 bits per heavy atom. The van der Waals surface area contributed by atoms with Gasteiger partial charge in [0, 0.05) is 24.7 Å². The van der Waals surface area contributed by atoms with Crippen molar-refractivity contribution in [2.45, 2.75) is 38.5 Å². The van der Waals surface area contributed by atoms with Crippen LogP contribution in [0.4, 0.5) is 5.69 Å². The fraction of sp³-hybridized carbons (Fsp3) is 0.450. The molecule has 1 aromatic heterocycles. The van der Waals surface area contributed by atoms with Gasteiger partial charge in [-0.05, 0) is 43.9 Å². The number of hydrogen-bond acceptors (Lipinski definition) is 7. The fourth-order valence-electron chi connectivity index (χ4n) is 3.05. The van der Waals surface area contributed by atoms with Gasteiger partial charge in [0.1, 0.15) is 0 Å². The number of carboxylic acids is 2. The zero-order chi connectivity index (χ0) is 21.8. The van der Waals surface area contributed by atoms with E-state index >= 15 is 0 Å². The van der Waals surface area contributed by atoms with Crippen LogP contribution in [0.2, 0.25) is 0 Å². The lowest BCUT2D eigenvalue weighted by molar-refractivity contribution is -0.159. The maximum absolute atomic E-state index is 12.2. The Kier molecular flexibility index (Phi) is 6.46. The van der Waals surface area contributed by atoms with E-state index in [-0.39, 0.29) is 11.8 Å². The number of hydrogen-bond donors (Lipinski definition) is 3. The molecule has 0 unspecified atom stereocenters. The van der Waals surface area contributed by atoms with Crippen molar-refractivity contribution < 1.29 is 29.1 Å². The molecule has 30 heavy (non-hydrogen) atoms. The molecule has 1 saturated carbocycles. The van der Waals surface area contributed by atoms with E-state index in [1.54, 1.807) is 0 Å². The number of carboxylic acid groups (broad SMARTS) is 2. The van der Waals surface area contributed by atoms with Crippen molar-refractivity contribution in [3.8, 4) is 0 Å². The summed E-state index contributed by atoms with van der Waals surface area (Å²) in [5.41, 5.74) is 3.19. The maximum Gasteiger partial charge on any atom is 0.414 e. The topological polar surface area (TPSA) is 146 Å². The van der Waals surface area contributed by atoms with Crippen molar-refractivity contribution in [3.05, 3.63) is 41.0 Å². The standard InChI is InChI=1S/C18H22N4O2.C2H2O4/c1-11-4-3-5-15(12(11)2)19-16(23)10-22-8-14(9-22)18-20-17(21-24-18)13-6-7-13;3-1(4)2(5)6/h3-5,13-14H,6-10H2,1-2H3,(H,19,23);(H,3,4)(H,5,6). The fourth-order valence-corrected chi connectivity index (χ4v) is 3.05. The van der Waals surface area contributed by atoms with E-state index in [0.29, 0.717) is 12.5 Å². The van der Waals surface area contributed by atoms with Crippen molar-refractivity contribution in [2.75, 3.05) is 25.0 Å². The van der Waals surface area contributed by atoms with Crippen LogP contribution in [0.25, 0.3) is 0 Å². The summed E-state index contributed by atoms with van der Waals surface area (Å²) in [7, 11) is 0. The molecule has 2 fully saturated rings. The number of nitrogens with one attached hydrogen (secondary N) is 1. The van der Waals surface area contributed by atoms with E-state index in [4.69, 9.17) is 24.3 Å². The van der Waals surface area contributed by atoms with E-state index in [2.05, 4.69) is 20.4 Å². The summed E-state index contributed by atoms with van der Waals surface area (Å²) in [4.78, 5) is 37.0. The highest BCUT2D eigenvalue weighted by molar-refractivity contribution is 6.27. The summed E-state index contributed by atoms with van der Waals surface area (Å²) >= 11 is 0. The minimum Gasteiger partial charge on any atom is -0.473 e. The van der Waals surface area contributed by atoms with Gasteiger partial charge in [-0.1, -0.05) is 17.3 Å². The molecule has 1 amide bonds. The van der Waals surface area contributed by atoms with Gasteiger partial charge in [0.2, 0.25) is 11.8 Å². The van der Waals surface area contributed by atoms with Gasteiger partial charge in [0.15, 0.2) is 5.82 Å². The molecule has 160 valence electrons. The summed E-state index contributed by atoms with van der Waals surface area (Å²) < 4.78 is 5.36. The Morgan fingerprint density at radius 1 is 1.13 bits per heavy atom. The number of aromatic nitrogens is 2. The van der Waals surface area contributed by atoms with E-state index in [0.717, 1.165) is 36.1 Å². The summed E-state index contributed by atoms with van der Waals surface area (Å²) in [5.74, 6) is -1.27. The Bertz CT molecular complexity index is 935. The van der Waals surface area contributed by atoms with Crippen LogP contribution < -0.4 is 5.32 Å². The molecule has 1 aromatic carbocycles. The number of rotatable bonds is 5. The van der Waals surface area contributed by atoms with Gasteiger partial charge in [-0.25, -0.2) is 9.59 Å². The normalized spacial score (nSPS) is 16.2. The average molecular weight is 416 g/mol.